The fourth-order valence-electron chi connectivity index (χ4n) is 2.14. The molecule has 6 nitrogen and oxygen atoms in total. The van der Waals surface area contributed by atoms with Gasteiger partial charge in [0.15, 0.2) is 0 Å². The molecule has 1 aromatic heterocycles. The Hall–Kier alpha value is -2.07. The van der Waals surface area contributed by atoms with Crippen LogP contribution in [0.3, 0.4) is 0 Å². The topological polar surface area (TPSA) is 82.4 Å². The lowest BCUT2D eigenvalue weighted by Crippen LogP contribution is -2.35. The van der Waals surface area contributed by atoms with Crippen molar-refractivity contribution in [3.8, 4) is 6.07 Å². The lowest BCUT2D eigenvalue weighted by molar-refractivity contribution is -0.114. The summed E-state index contributed by atoms with van der Waals surface area (Å²) in [6.07, 6.45) is 0.263. The van der Waals surface area contributed by atoms with E-state index < -0.39 is 0 Å². The van der Waals surface area contributed by atoms with Crippen LogP contribution in [0.4, 0.5) is 9.80 Å². The molecule has 1 aromatic rings. The zero-order valence-electron chi connectivity index (χ0n) is 11.4. The van der Waals surface area contributed by atoms with E-state index in [4.69, 9.17) is 4.74 Å². The van der Waals surface area contributed by atoms with Crippen molar-refractivity contribution in [2.45, 2.75) is 26.8 Å². The molecule has 20 heavy (non-hydrogen) atoms. The smallest absolute Gasteiger partial charge is 0.410 e. The summed E-state index contributed by atoms with van der Waals surface area (Å²) in [6.45, 7) is 4.46. The normalized spacial score (nSPS) is 13.3. The molecule has 106 valence electrons. The van der Waals surface area contributed by atoms with Gasteiger partial charge in [0, 0.05) is 18.3 Å². The van der Waals surface area contributed by atoms with Gasteiger partial charge in [0.1, 0.15) is 11.1 Å². The van der Waals surface area contributed by atoms with Gasteiger partial charge in [-0.25, -0.2) is 4.79 Å². The Bertz CT molecular complexity index is 588. The quantitative estimate of drug-likeness (QED) is 0.905. The first-order valence-corrected chi connectivity index (χ1v) is 7.12. The summed E-state index contributed by atoms with van der Waals surface area (Å²) >= 11 is 1.35. The SMILES string of the molecule is CCOC(=O)N1CCc2c(sc(NC(C)=O)c2C#N)C1. The lowest BCUT2D eigenvalue weighted by Gasteiger charge is -2.25. The number of thiophene rings is 1. The summed E-state index contributed by atoms with van der Waals surface area (Å²) in [4.78, 5) is 25.4. The molecule has 0 radical (unpaired) electrons. The number of anilines is 1. The van der Waals surface area contributed by atoms with Crippen LogP contribution in [0.5, 0.6) is 0 Å². The summed E-state index contributed by atoms with van der Waals surface area (Å²) < 4.78 is 4.98. The lowest BCUT2D eigenvalue weighted by atomic mass is 10.0. The van der Waals surface area contributed by atoms with E-state index in [2.05, 4.69) is 11.4 Å². The van der Waals surface area contributed by atoms with Gasteiger partial charge < -0.3 is 15.0 Å². The molecule has 1 N–H and O–H groups in total. The van der Waals surface area contributed by atoms with Crippen molar-refractivity contribution in [2.75, 3.05) is 18.5 Å². The van der Waals surface area contributed by atoms with Crippen LogP contribution in [-0.4, -0.2) is 30.1 Å². The molecule has 0 fully saturated rings. The maximum absolute atomic E-state index is 11.7. The number of nitrogens with one attached hydrogen (secondary N) is 1. The number of nitrogens with zero attached hydrogens (tertiary/aromatic N) is 2. The van der Waals surface area contributed by atoms with Crippen molar-refractivity contribution in [3.63, 3.8) is 0 Å². The first-order valence-electron chi connectivity index (χ1n) is 6.30. The van der Waals surface area contributed by atoms with Crippen molar-refractivity contribution in [1.29, 1.82) is 5.26 Å². The van der Waals surface area contributed by atoms with Gasteiger partial charge in [0.25, 0.3) is 0 Å². The highest BCUT2D eigenvalue weighted by atomic mass is 32.1. The standard InChI is InChI=1S/C13H15N3O3S/c1-3-19-13(18)16-5-4-9-10(6-14)12(15-8(2)17)20-11(9)7-16/h3-5,7H2,1-2H3,(H,15,17). The van der Waals surface area contributed by atoms with E-state index in [-0.39, 0.29) is 12.0 Å². The molecule has 2 heterocycles. The Morgan fingerprint density at radius 3 is 2.90 bits per heavy atom. The number of carbonyl (C=O) groups excluding carboxylic acids is 2. The Kier molecular flexibility index (Phi) is 4.25. The molecular formula is C13H15N3O3S. The third kappa shape index (κ3) is 2.75. The highest BCUT2D eigenvalue weighted by Crippen LogP contribution is 2.36. The predicted molar refractivity (Wildman–Crippen MR) is 74.5 cm³/mol. The van der Waals surface area contributed by atoms with Crippen LogP contribution in [0, 0.1) is 11.3 Å². The summed E-state index contributed by atoms with van der Waals surface area (Å²) in [7, 11) is 0. The van der Waals surface area contributed by atoms with Crippen LogP contribution in [-0.2, 0) is 22.5 Å². The Morgan fingerprint density at radius 1 is 1.55 bits per heavy atom. The summed E-state index contributed by atoms with van der Waals surface area (Å²) in [5.74, 6) is -0.206. The molecule has 0 bridgehead atoms. The molecule has 0 saturated heterocycles. The molecule has 0 saturated carbocycles. The van der Waals surface area contributed by atoms with Crippen LogP contribution >= 0.6 is 11.3 Å². The van der Waals surface area contributed by atoms with Gasteiger partial charge in [-0.3, -0.25) is 4.79 Å². The van der Waals surface area contributed by atoms with E-state index in [1.165, 1.54) is 18.3 Å². The number of hydrogen-bond acceptors (Lipinski definition) is 5. The molecule has 0 aliphatic carbocycles. The molecule has 7 heteroatoms. The molecular weight excluding hydrogens is 278 g/mol. The molecule has 0 unspecified atom stereocenters. The number of amides is 2. The van der Waals surface area contributed by atoms with Crippen LogP contribution in [0.1, 0.15) is 29.9 Å². The maximum Gasteiger partial charge on any atom is 0.410 e. The van der Waals surface area contributed by atoms with E-state index >= 15 is 0 Å². The molecule has 0 spiro atoms. The third-order valence-electron chi connectivity index (χ3n) is 2.98. The van der Waals surface area contributed by atoms with Crippen molar-refractivity contribution in [2.24, 2.45) is 0 Å². The van der Waals surface area contributed by atoms with Gasteiger partial charge in [0.05, 0.1) is 18.7 Å². The molecule has 0 atom stereocenters. The molecule has 2 amide bonds. The van der Waals surface area contributed by atoms with E-state index in [9.17, 15) is 14.9 Å². The van der Waals surface area contributed by atoms with E-state index in [1.807, 2.05) is 0 Å². The second kappa shape index (κ2) is 5.92. The van der Waals surface area contributed by atoms with Gasteiger partial charge in [-0.05, 0) is 18.9 Å². The molecule has 1 aliphatic rings. The second-order valence-electron chi connectivity index (χ2n) is 4.37. The highest BCUT2D eigenvalue weighted by molar-refractivity contribution is 7.16. The minimum absolute atomic E-state index is 0.206. The van der Waals surface area contributed by atoms with Crippen molar-refractivity contribution < 1.29 is 14.3 Å². The number of hydrogen-bond donors (Lipinski definition) is 1. The van der Waals surface area contributed by atoms with Crippen LogP contribution < -0.4 is 5.32 Å². The van der Waals surface area contributed by atoms with Crippen LogP contribution in [0.2, 0.25) is 0 Å². The van der Waals surface area contributed by atoms with Crippen LogP contribution in [0.25, 0.3) is 0 Å². The predicted octanol–water partition coefficient (Wildman–Crippen LogP) is 2.09. The highest BCUT2D eigenvalue weighted by Gasteiger charge is 2.27. The van der Waals surface area contributed by atoms with Crippen LogP contribution in [0.15, 0.2) is 0 Å². The number of nitriles is 1. The molecule has 1 aliphatic heterocycles. The average Bonchev–Trinajstić information content (AvgIpc) is 2.74. The Balaban J connectivity index is 2.25. The first kappa shape index (κ1) is 14.3. The van der Waals surface area contributed by atoms with Crippen molar-refractivity contribution >= 4 is 28.3 Å². The number of carbonyl (C=O) groups is 2. The van der Waals surface area contributed by atoms with Gasteiger partial charge in [-0.15, -0.1) is 11.3 Å². The maximum atomic E-state index is 11.7. The minimum Gasteiger partial charge on any atom is -0.450 e. The zero-order chi connectivity index (χ0) is 14.7. The van der Waals surface area contributed by atoms with Gasteiger partial charge in [-0.1, -0.05) is 0 Å². The minimum atomic E-state index is -0.342. The van der Waals surface area contributed by atoms with Gasteiger partial charge in [0.2, 0.25) is 5.91 Å². The third-order valence-corrected chi connectivity index (χ3v) is 4.12. The van der Waals surface area contributed by atoms with E-state index in [1.54, 1.807) is 11.8 Å². The Morgan fingerprint density at radius 2 is 2.30 bits per heavy atom. The first-order chi connectivity index (χ1) is 9.56. The summed E-state index contributed by atoms with van der Waals surface area (Å²) in [5, 5.41) is 12.5. The Labute approximate surface area is 120 Å². The van der Waals surface area contributed by atoms with E-state index in [0.29, 0.717) is 36.7 Å². The summed E-state index contributed by atoms with van der Waals surface area (Å²) in [6, 6.07) is 2.14. The van der Waals surface area contributed by atoms with E-state index in [0.717, 1.165) is 10.4 Å². The van der Waals surface area contributed by atoms with Gasteiger partial charge >= 0.3 is 6.09 Å². The number of rotatable bonds is 2. The largest absolute Gasteiger partial charge is 0.450 e. The van der Waals surface area contributed by atoms with Crippen molar-refractivity contribution in [3.05, 3.63) is 16.0 Å². The summed E-state index contributed by atoms with van der Waals surface area (Å²) in [5.41, 5.74) is 1.45. The monoisotopic (exact) mass is 293 g/mol. The average molecular weight is 293 g/mol. The second-order valence-corrected chi connectivity index (χ2v) is 5.48. The number of fused-ring (bicyclic) bond motifs is 1. The molecule has 0 aromatic carbocycles. The zero-order valence-corrected chi connectivity index (χ0v) is 12.2. The fraction of sp³-hybridized carbons (Fsp3) is 0.462. The fourth-order valence-corrected chi connectivity index (χ4v) is 3.40. The molecule has 2 rings (SSSR count). The van der Waals surface area contributed by atoms with Crippen molar-refractivity contribution in [1.82, 2.24) is 4.90 Å². The number of ether oxygens (including phenoxy) is 1. The van der Waals surface area contributed by atoms with Gasteiger partial charge in [-0.2, -0.15) is 5.26 Å².